The number of hydrogen-bond donors (Lipinski definition) is 3. The number of H-pyrrole nitrogens is 2. The number of nitrogens with one attached hydrogen (secondary N) is 3. The molecule has 7 heterocycles. The molecule has 0 atom stereocenters. The van der Waals surface area contributed by atoms with Gasteiger partial charge >= 0.3 is 0 Å². The van der Waals surface area contributed by atoms with Gasteiger partial charge in [0, 0.05) is 47.4 Å². The third-order valence-corrected chi connectivity index (χ3v) is 7.54. The van der Waals surface area contributed by atoms with E-state index in [-0.39, 0.29) is 6.10 Å². The van der Waals surface area contributed by atoms with E-state index in [0.29, 0.717) is 5.65 Å². The number of ether oxygens (including phenoxy) is 1. The highest BCUT2D eigenvalue weighted by Crippen LogP contribution is 2.35. The number of aromatic amines is 2. The number of fused-ring (bicyclic) bond motifs is 2. The predicted octanol–water partition coefficient (Wildman–Crippen LogP) is 4.68. The Morgan fingerprint density at radius 2 is 1.68 bits per heavy atom. The molecule has 0 aromatic carbocycles. The summed E-state index contributed by atoms with van der Waals surface area (Å²) in [5, 5.41) is 13.2. The maximum absolute atomic E-state index is 6.22. The Labute approximate surface area is 214 Å². The van der Waals surface area contributed by atoms with Crippen LogP contribution in [0.15, 0.2) is 49.2 Å². The third-order valence-electron chi connectivity index (χ3n) is 7.54. The van der Waals surface area contributed by atoms with E-state index in [0.717, 1.165) is 78.2 Å². The number of anilines is 1. The fourth-order valence-corrected chi connectivity index (χ4v) is 5.57. The summed E-state index contributed by atoms with van der Waals surface area (Å²) in [6, 6.07) is 6.38. The van der Waals surface area contributed by atoms with E-state index in [1.165, 1.54) is 30.3 Å². The molecular formula is C28H30N8O. The first-order valence-electron chi connectivity index (χ1n) is 13.2. The van der Waals surface area contributed by atoms with Crippen LogP contribution in [-0.2, 0) is 0 Å². The normalized spacial score (nSPS) is 17.0. The molecule has 7 rings (SSSR count). The van der Waals surface area contributed by atoms with Gasteiger partial charge in [0.15, 0.2) is 5.65 Å². The molecule has 3 N–H and O–H groups in total. The lowest BCUT2D eigenvalue weighted by Crippen LogP contribution is -2.34. The molecule has 0 spiro atoms. The van der Waals surface area contributed by atoms with Crippen molar-refractivity contribution in [1.29, 1.82) is 0 Å². The minimum absolute atomic E-state index is 0.228. The van der Waals surface area contributed by atoms with Crippen LogP contribution in [0.3, 0.4) is 0 Å². The Kier molecular flexibility index (Phi) is 5.70. The van der Waals surface area contributed by atoms with Gasteiger partial charge in [0.1, 0.15) is 11.9 Å². The van der Waals surface area contributed by atoms with Gasteiger partial charge in [0.05, 0.1) is 41.2 Å². The summed E-state index contributed by atoms with van der Waals surface area (Å²) in [6.45, 7) is 4.14. The molecule has 2 fully saturated rings. The highest BCUT2D eigenvalue weighted by Gasteiger charge is 2.19. The molecule has 37 heavy (non-hydrogen) atoms. The second kappa shape index (κ2) is 9.48. The first-order chi connectivity index (χ1) is 18.3. The zero-order chi connectivity index (χ0) is 24.6. The maximum Gasteiger partial charge on any atom is 0.181 e. The van der Waals surface area contributed by atoms with Crippen LogP contribution in [0, 0.1) is 0 Å². The number of piperidine rings is 2. The highest BCUT2D eigenvalue weighted by atomic mass is 16.5. The average molecular weight is 495 g/mol. The molecule has 0 aliphatic carbocycles. The van der Waals surface area contributed by atoms with Crippen LogP contribution in [0.2, 0.25) is 0 Å². The number of nitrogens with zero attached hydrogens (tertiary/aromatic N) is 5. The lowest BCUT2D eigenvalue weighted by Gasteiger charge is -2.28. The average Bonchev–Trinajstić information content (AvgIpc) is 3.58. The minimum Gasteiger partial charge on any atom is -0.489 e. The smallest absolute Gasteiger partial charge is 0.181 e. The lowest BCUT2D eigenvalue weighted by molar-refractivity contribution is 0.162. The van der Waals surface area contributed by atoms with Gasteiger partial charge in [-0.1, -0.05) is 0 Å². The molecule has 0 radical (unpaired) electrons. The zero-order valence-corrected chi connectivity index (χ0v) is 20.7. The third kappa shape index (κ3) is 4.29. The summed E-state index contributed by atoms with van der Waals surface area (Å²) in [4.78, 5) is 19.6. The molecule has 0 amide bonds. The second-order valence-electron chi connectivity index (χ2n) is 10.0. The molecule has 0 unspecified atom stereocenters. The monoisotopic (exact) mass is 494 g/mol. The number of pyridine rings is 3. The van der Waals surface area contributed by atoms with Gasteiger partial charge in [-0.2, -0.15) is 5.10 Å². The SMILES string of the molecule is c1ncc(-c2cnc3n[nH]c(-c4cc5c(N6CCCCC6)cncc5[nH]4)c3c2)cc1OC1CCNCC1. The van der Waals surface area contributed by atoms with Crippen molar-refractivity contribution in [2.75, 3.05) is 31.1 Å². The van der Waals surface area contributed by atoms with Crippen LogP contribution >= 0.6 is 0 Å². The minimum atomic E-state index is 0.228. The van der Waals surface area contributed by atoms with Gasteiger partial charge in [0.25, 0.3) is 0 Å². The van der Waals surface area contributed by atoms with Crippen LogP contribution in [-0.4, -0.2) is 62.4 Å². The Bertz CT molecular complexity index is 1540. The van der Waals surface area contributed by atoms with Crippen molar-refractivity contribution in [1.82, 2.24) is 35.5 Å². The van der Waals surface area contributed by atoms with Crippen molar-refractivity contribution in [2.24, 2.45) is 0 Å². The summed E-state index contributed by atoms with van der Waals surface area (Å²) in [5.74, 6) is 0.797. The van der Waals surface area contributed by atoms with E-state index >= 15 is 0 Å². The van der Waals surface area contributed by atoms with E-state index in [4.69, 9.17) is 4.74 Å². The fraction of sp³-hybridized carbons (Fsp3) is 0.357. The van der Waals surface area contributed by atoms with E-state index in [1.807, 2.05) is 24.8 Å². The van der Waals surface area contributed by atoms with Gasteiger partial charge in [-0.3, -0.25) is 15.1 Å². The second-order valence-corrected chi connectivity index (χ2v) is 10.0. The molecular weight excluding hydrogens is 464 g/mol. The molecule has 2 saturated heterocycles. The van der Waals surface area contributed by atoms with Gasteiger partial charge in [-0.15, -0.1) is 0 Å². The Morgan fingerprint density at radius 3 is 2.57 bits per heavy atom. The highest BCUT2D eigenvalue weighted by molar-refractivity contribution is 5.99. The first-order valence-corrected chi connectivity index (χ1v) is 13.2. The summed E-state index contributed by atoms with van der Waals surface area (Å²) < 4.78 is 6.22. The van der Waals surface area contributed by atoms with Crippen LogP contribution in [0.5, 0.6) is 5.75 Å². The van der Waals surface area contributed by atoms with Crippen molar-refractivity contribution < 1.29 is 4.74 Å². The molecule has 0 saturated carbocycles. The van der Waals surface area contributed by atoms with Gasteiger partial charge < -0.3 is 19.9 Å². The van der Waals surface area contributed by atoms with Gasteiger partial charge in [-0.25, -0.2) is 4.98 Å². The van der Waals surface area contributed by atoms with Crippen molar-refractivity contribution in [3.8, 4) is 28.3 Å². The summed E-state index contributed by atoms with van der Waals surface area (Å²) in [7, 11) is 0. The largest absolute Gasteiger partial charge is 0.489 e. The Morgan fingerprint density at radius 1 is 0.838 bits per heavy atom. The van der Waals surface area contributed by atoms with Crippen LogP contribution < -0.4 is 15.0 Å². The summed E-state index contributed by atoms with van der Waals surface area (Å²) >= 11 is 0. The quantitative estimate of drug-likeness (QED) is 0.325. The van der Waals surface area contributed by atoms with Crippen molar-refractivity contribution in [2.45, 2.75) is 38.2 Å². The Hall–Kier alpha value is -3.98. The number of aromatic nitrogens is 6. The molecule has 9 nitrogen and oxygen atoms in total. The van der Waals surface area contributed by atoms with Crippen LogP contribution in [0.1, 0.15) is 32.1 Å². The zero-order valence-electron chi connectivity index (χ0n) is 20.7. The molecule has 9 heteroatoms. The number of rotatable bonds is 5. The fourth-order valence-electron chi connectivity index (χ4n) is 5.57. The van der Waals surface area contributed by atoms with Crippen molar-refractivity contribution >= 4 is 27.6 Å². The van der Waals surface area contributed by atoms with E-state index in [1.54, 1.807) is 6.20 Å². The first kappa shape index (κ1) is 22.2. The molecule has 0 bridgehead atoms. The van der Waals surface area contributed by atoms with E-state index in [2.05, 4.69) is 58.5 Å². The van der Waals surface area contributed by atoms with Gasteiger partial charge in [0.2, 0.25) is 0 Å². The summed E-state index contributed by atoms with van der Waals surface area (Å²) in [5.41, 5.74) is 6.74. The molecule has 2 aliphatic rings. The van der Waals surface area contributed by atoms with Crippen LogP contribution in [0.4, 0.5) is 5.69 Å². The molecule has 188 valence electrons. The standard InChI is InChI=1S/C28H30N8O/c1-2-8-36(9-3-1)26-17-31-16-25-22(26)12-24(33-25)27-23-11-19(14-32-28(23)35-34-27)18-10-21(15-30-13-18)37-20-4-6-29-7-5-20/h10-17,20,29,33H,1-9H2,(H,32,34,35). The molecule has 5 aromatic heterocycles. The van der Waals surface area contributed by atoms with Crippen molar-refractivity contribution in [3.63, 3.8) is 0 Å². The Balaban J connectivity index is 1.23. The topological polar surface area (TPSA) is 108 Å². The van der Waals surface area contributed by atoms with Crippen LogP contribution in [0.25, 0.3) is 44.5 Å². The molecule has 2 aliphatic heterocycles. The van der Waals surface area contributed by atoms with E-state index < -0.39 is 0 Å². The maximum atomic E-state index is 6.22. The van der Waals surface area contributed by atoms with E-state index in [9.17, 15) is 0 Å². The summed E-state index contributed by atoms with van der Waals surface area (Å²) in [6.07, 6.45) is 15.4. The van der Waals surface area contributed by atoms with Gasteiger partial charge in [-0.05, 0) is 63.4 Å². The van der Waals surface area contributed by atoms with Crippen molar-refractivity contribution in [3.05, 3.63) is 49.2 Å². The lowest BCUT2D eigenvalue weighted by atomic mass is 10.1. The predicted molar refractivity (Wildman–Crippen MR) is 145 cm³/mol. The number of hydrogen-bond acceptors (Lipinski definition) is 7. The molecule has 5 aromatic rings.